The van der Waals surface area contributed by atoms with E-state index in [1.807, 2.05) is 42.5 Å². The number of halogens is 1. The van der Waals surface area contributed by atoms with Crippen molar-refractivity contribution in [2.75, 3.05) is 50.1 Å². The Labute approximate surface area is 231 Å². The molecule has 2 aliphatic rings. The van der Waals surface area contributed by atoms with Crippen molar-refractivity contribution in [3.05, 3.63) is 65.9 Å². The number of carbonyl (C=O) groups is 1. The van der Waals surface area contributed by atoms with Crippen LogP contribution in [0.4, 0.5) is 16.3 Å². The second-order valence-electron chi connectivity index (χ2n) is 9.80. The van der Waals surface area contributed by atoms with E-state index in [9.17, 15) is 4.79 Å². The average molecular weight is 545 g/mol. The van der Waals surface area contributed by atoms with Crippen LogP contribution in [0, 0.1) is 5.92 Å². The number of hydrogen-bond donors (Lipinski definition) is 1. The predicted molar refractivity (Wildman–Crippen MR) is 152 cm³/mol. The molecule has 39 heavy (non-hydrogen) atoms. The third-order valence-electron chi connectivity index (χ3n) is 7.04. The van der Waals surface area contributed by atoms with Crippen LogP contribution in [0.2, 0.25) is 5.02 Å². The smallest absolute Gasteiger partial charge is 0.321 e. The highest BCUT2D eigenvalue weighted by Crippen LogP contribution is 2.36. The minimum atomic E-state index is -0.149. The molecule has 4 aromatic rings. The fourth-order valence-electron chi connectivity index (χ4n) is 4.65. The summed E-state index contributed by atoms with van der Waals surface area (Å²) in [4.78, 5) is 30.7. The molecule has 1 N–H and O–H groups in total. The number of pyridine rings is 1. The maximum Gasteiger partial charge on any atom is 0.321 e. The Balaban J connectivity index is 1.20. The van der Waals surface area contributed by atoms with Gasteiger partial charge in [-0.3, -0.25) is 0 Å². The van der Waals surface area contributed by atoms with E-state index in [1.54, 1.807) is 30.5 Å². The van der Waals surface area contributed by atoms with E-state index in [4.69, 9.17) is 26.1 Å². The first-order valence-electron chi connectivity index (χ1n) is 13.1. The molecule has 0 bridgehead atoms. The number of piperazine rings is 1. The van der Waals surface area contributed by atoms with Gasteiger partial charge in [-0.1, -0.05) is 17.7 Å². The molecule has 6 rings (SSSR count). The zero-order valence-electron chi connectivity index (χ0n) is 21.6. The molecule has 9 nitrogen and oxygen atoms in total. The summed E-state index contributed by atoms with van der Waals surface area (Å²) in [5.41, 5.74) is 3.90. The number of aromatic nitrogens is 3. The molecule has 0 unspecified atom stereocenters. The number of nitrogens with zero attached hydrogens (tertiary/aromatic N) is 5. The number of benzene rings is 2. The molecule has 2 amide bonds. The monoisotopic (exact) mass is 544 g/mol. The molecule has 2 aromatic carbocycles. The van der Waals surface area contributed by atoms with Gasteiger partial charge in [-0.15, -0.1) is 0 Å². The lowest BCUT2D eigenvalue weighted by atomic mass is 10.1. The van der Waals surface area contributed by atoms with Crippen molar-refractivity contribution in [1.82, 2.24) is 19.9 Å². The topological polar surface area (TPSA) is 92.7 Å². The average Bonchev–Trinajstić information content (AvgIpc) is 3.80. The van der Waals surface area contributed by atoms with Crippen molar-refractivity contribution in [3.63, 3.8) is 0 Å². The van der Waals surface area contributed by atoms with Gasteiger partial charge < -0.3 is 24.6 Å². The molecule has 2 aromatic heterocycles. The molecule has 0 atom stereocenters. The van der Waals surface area contributed by atoms with Gasteiger partial charge in [0.2, 0.25) is 0 Å². The lowest BCUT2D eigenvalue weighted by Crippen LogP contribution is -2.50. The number of ether oxygens (including phenoxy) is 2. The van der Waals surface area contributed by atoms with Crippen molar-refractivity contribution >= 4 is 40.2 Å². The number of anilines is 2. The molecular formula is C29H29ClN6O3. The van der Waals surface area contributed by atoms with Gasteiger partial charge in [0.15, 0.2) is 17.3 Å². The number of rotatable bonds is 7. The largest absolute Gasteiger partial charge is 0.493 e. The SMILES string of the molecule is COc1ccc(-c2ccc3ncnc(N4CCN(C(=O)Nc5cccc(Cl)c5)CC4)c3n2)cc1OCC1CC1. The molecular weight excluding hydrogens is 516 g/mol. The number of hydrogen-bond acceptors (Lipinski definition) is 7. The van der Waals surface area contributed by atoms with Crippen LogP contribution in [-0.2, 0) is 0 Å². The Morgan fingerprint density at radius 3 is 2.64 bits per heavy atom. The molecule has 3 heterocycles. The van der Waals surface area contributed by atoms with Crippen LogP contribution in [0.3, 0.4) is 0 Å². The Kier molecular flexibility index (Phi) is 7.06. The predicted octanol–water partition coefficient (Wildman–Crippen LogP) is 5.50. The lowest BCUT2D eigenvalue weighted by Gasteiger charge is -2.35. The molecule has 1 saturated carbocycles. The van der Waals surface area contributed by atoms with Gasteiger partial charge in [-0.05, 0) is 67.3 Å². The second kappa shape index (κ2) is 10.9. The van der Waals surface area contributed by atoms with Crippen LogP contribution in [0.1, 0.15) is 12.8 Å². The summed E-state index contributed by atoms with van der Waals surface area (Å²) in [7, 11) is 1.65. The van der Waals surface area contributed by atoms with Crippen molar-refractivity contribution in [3.8, 4) is 22.8 Å². The van der Waals surface area contributed by atoms with Crippen LogP contribution in [0.25, 0.3) is 22.3 Å². The molecule has 0 spiro atoms. The summed E-state index contributed by atoms with van der Waals surface area (Å²) in [6.45, 7) is 3.06. The fourth-order valence-corrected chi connectivity index (χ4v) is 4.84. The first kappa shape index (κ1) is 25.2. The summed E-state index contributed by atoms with van der Waals surface area (Å²) < 4.78 is 11.6. The molecule has 1 aliphatic heterocycles. The minimum absolute atomic E-state index is 0.149. The van der Waals surface area contributed by atoms with E-state index in [2.05, 4.69) is 20.2 Å². The minimum Gasteiger partial charge on any atom is -0.493 e. The summed E-state index contributed by atoms with van der Waals surface area (Å²) in [6.07, 6.45) is 4.00. The molecule has 2 fully saturated rings. The molecule has 1 aliphatic carbocycles. The van der Waals surface area contributed by atoms with Gasteiger partial charge in [0, 0.05) is 42.5 Å². The van der Waals surface area contributed by atoms with Crippen molar-refractivity contribution in [2.24, 2.45) is 5.92 Å². The van der Waals surface area contributed by atoms with Gasteiger partial charge in [-0.2, -0.15) is 0 Å². The quantitative estimate of drug-likeness (QED) is 0.328. The molecule has 200 valence electrons. The van der Waals surface area contributed by atoms with Crippen molar-refractivity contribution in [2.45, 2.75) is 12.8 Å². The third kappa shape index (κ3) is 5.68. The Hall–Kier alpha value is -4.11. The maximum absolute atomic E-state index is 12.8. The third-order valence-corrected chi connectivity index (χ3v) is 7.27. The van der Waals surface area contributed by atoms with Gasteiger partial charge in [-0.25, -0.2) is 19.7 Å². The number of fused-ring (bicyclic) bond motifs is 1. The molecule has 0 radical (unpaired) electrons. The van der Waals surface area contributed by atoms with E-state index < -0.39 is 0 Å². The number of methoxy groups -OCH3 is 1. The van der Waals surface area contributed by atoms with E-state index >= 15 is 0 Å². The fraction of sp³-hybridized carbons (Fsp3) is 0.310. The maximum atomic E-state index is 12.8. The van der Waals surface area contributed by atoms with Crippen LogP contribution in [0.5, 0.6) is 11.5 Å². The van der Waals surface area contributed by atoms with Crippen LogP contribution in [0.15, 0.2) is 60.9 Å². The first-order valence-corrected chi connectivity index (χ1v) is 13.4. The van der Waals surface area contributed by atoms with Gasteiger partial charge in [0.05, 0.1) is 24.9 Å². The van der Waals surface area contributed by atoms with Gasteiger partial charge in [0.1, 0.15) is 11.8 Å². The molecule has 1 saturated heterocycles. The Morgan fingerprint density at radius 1 is 1.03 bits per heavy atom. The Morgan fingerprint density at radius 2 is 1.87 bits per heavy atom. The van der Waals surface area contributed by atoms with E-state index in [0.29, 0.717) is 55.2 Å². The number of amides is 2. The highest BCUT2D eigenvalue weighted by Gasteiger charge is 2.25. The summed E-state index contributed by atoms with van der Waals surface area (Å²) in [5, 5.41) is 3.50. The van der Waals surface area contributed by atoms with Crippen LogP contribution < -0.4 is 19.7 Å². The summed E-state index contributed by atoms with van der Waals surface area (Å²) in [6, 6.07) is 16.8. The summed E-state index contributed by atoms with van der Waals surface area (Å²) >= 11 is 6.05. The normalized spacial score (nSPS) is 15.3. The van der Waals surface area contributed by atoms with Crippen molar-refractivity contribution < 1.29 is 14.3 Å². The van der Waals surface area contributed by atoms with Gasteiger partial charge >= 0.3 is 6.03 Å². The number of carbonyl (C=O) groups excluding carboxylic acids is 1. The van der Waals surface area contributed by atoms with Crippen LogP contribution in [-0.4, -0.2) is 65.8 Å². The van der Waals surface area contributed by atoms with Crippen LogP contribution >= 0.6 is 11.6 Å². The second-order valence-corrected chi connectivity index (χ2v) is 10.2. The zero-order valence-corrected chi connectivity index (χ0v) is 22.4. The van der Waals surface area contributed by atoms with E-state index in [1.165, 1.54) is 12.8 Å². The zero-order chi connectivity index (χ0) is 26.8. The number of urea groups is 1. The van der Waals surface area contributed by atoms with E-state index in [0.717, 1.165) is 33.9 Å². The first-order chi connectivity index (χ1) is 19.1. The number of nitrogens with one attached hydrogen (secondary N) is 1. The highest BCUT2D eigenvalue weighted by molar-refractivity contribution is 6.30. The lowest BCUT2D eigenvalue weighted by molar-refractivity contribution is 0.208. The van der Waals surface area contributed by atoms with Crippen molar-refractivity contribution in [1.29, 1.82) is 0 Å². The Bertz CT molecular complexity index is 1500. The standard InChI is InChI=1S/C29H29ClN6O3/c1-38-25-10-7-20(15-26(25)39-17-19-5-6-19)23-8-9-24-27(34-23)28(32-18-31-24)35-11-13-36(14-12-35)29(37)33-22-4-2-3-21(30)16-22/h2-4,7-10,15-16,18-19H,5-6,11-14,17H2,1H3,(H,33,37). The van der Waals surface area contributed by atoms with Gasteiger partial charge in [0.25, 0.3) is 0 Å². The van der Waals surface area contributed by atoms with E-state index in [-0.39, 0.29) is 6.03 Å². The summed E-state index contributed by atoms with van der Waals surface area (Å²) in [5.74, 6) is 2.83. The highest BCUT2D eigenvalue weighted by atomic mass is 35.5. The molecule has 10 heteroatoms.